The van der Waals surface area contributed by atoms with E-state index in [-0.39, 0.29) is 18.4 Å². The molecule has 1 aromatic rings. The summed E-state index contributed by atoms with van der Waals surface area (Å²) in [4.78, 5) is 17.7. The topological polar surface area (TPSA) is 148 Å². The lowest BCUT2D eigenvalue weighted by molar-refractivity contribution is -0.835. The van der Waals surface area contributed by atoms with Gasteiger partial charge in [0.15, 0.2) is 5.82 Å². The Bertz CT molecular complexity index is 707. The Morgan fingerprint density at radius 1 is 1.54 bits per heavy atom. The van der Waals surface area contributed by atoms with Gasteiger partial charge in [0.1, 0.15) is 0 Å². The molecule has 0 saturated carbocycles. The zero-order valence-corrected chi connectivity index (χ0v) is 14.5. The van der Waals surface area contributed by atoms with Crippen LogP contribution in [0.4, 0.5) is 22.4 Å². The van der Waals surface area contributed by atoms with E-state index in [1.165, 1.54) is 6.07 Å². The van der Waals surface area contributed by atoms with Crippen LogP contribution in [0.5, 0.6) is 0 Å². The second-order valence-corrected chi connectivity index (χ2v) is 6.83. The largest absolute Gasteiger partial charge is 0.474 e. The Labute approximate surface area is 143 Å². The van der Waals surface area contributed by atoms with Crippen molar-refractivity contribution in [3.05, 3.63) is 6.07 Å². The van der Waals surface area contributed by atoms with Gasteiger partial charge in [-0.1, -0.05) is 4.98 Å². The number of nitrogens with two attached hydrogens (primary N) is 1. The summed E-state index contributed by atoms with van der Waals surface area (Å²) in [6.07, 6.45) is -0.872. The van der Waals surface area contributed by atoms with Crippen LogP contribution in [-0.2, 0) is 15.1 Å². The summed E-state index contributed by atoms with van der Waals surface area (Å²) in [5.41, 5.74) is 5.78. The van der Waals surface area contributed by atoms with Crippen LogP contribution in [0.25, 0.3) is 0 Å². The SMILES string of the molecule is CCOC(=O)Nc1nc(N2CCSCC2)cc(N)[n+]1OS(=O)(=O)O. The average molecular weight is 380 g/mol. The molecule has 1 aromatic heterocycles. The van der Waals surface area contributed by atoms with Crippen LogP contribution >= 0.6 is 11.8 Å². The minimum Gasteiger partial charge on any atom is -0.441 e. The van der Waals surface area contributed by atoms with Crippen molar-refractivity contribution in [2.24, 2.45) is 0 Å². The first-order valence-corrected chi connectivity index (χ1v) is 9.48. The molecule has 24 heavy (non-hydrogen) atoms. The molecule has 11 nitrogen and oxygen atoms in total. The van der Waals surface area contributed by atoms with Gasteiger partial charge in [0.05, 0.1) is 12.7 Å². The number of carbonyl (C=O) groups excluding carboxylic acids is 1. The molecule has 2 heterocycles. The number of nitrogens with one attached hydrogen (secondary N) is 1. The first-order chi connectivity index (χ1) is 11.3. The van der Waals surface area contributed by atoms with Crippen molar-refractivity contribution in [3.8, 4) is 0 Å². The number of nitrogen functional groups attached to an aromatic ring is 1. The van der Waals surface area contributed by atoms with Gasteiger partial charge in [-0.3, -0.25) is 4.55 Å². The molecule has 1 saturated heterocycles. The van der Waals surface area contributed by atoms with E-state index in [1.807, 2.05) is 4.90 Å². The quantitative estimate of drug-likeness (QED) is 0.442. The highest BCUT2D eigenvalue weighted by atomic mass is 32.3. The Morgan fingerprint density at radius 2 is 2.21 bits per heavy atom. The zero-order chi connectivity index (χ0) is 17.7. The molecule has 0 aromatic carbocycles. The molecule has 1 amide bonds. The number of aromatic nitrogens is 2. The minimum absolute atomic E-state index is 0.101. The van der Waals surface area contributed by atoms with Gasteiger partial charge in [-0.05, 0) is 11.7 Å². The maximum atomic E-state index is 11.6. The van der Waals surface area contributed by atoms with Crippen molar-refractivity contribution >= 4 is 45.8 Å². The third-order valence-electron chi connectivity index (χ3n) is 2.92. The standard InChI is InChI=1S/C11H17N5O6S2/c1-2-21-11(17)14-10-13-9(15-3-5-23-6-4-15)7-8(12)16(10)22-24(18,19)20/h7H,2-6H2,1H3,(H3,12,13,14,17,18,19,20)/p+1. The Morgan fingerprint density at radius 3 is 2.79 bits per heavy atom. The number of amides is 1. The summed E-state index contributed by atoms with van der Waals surface area (Å²) in [6.45, 7) is 3.15. The van der Waals surface area contributed by atoms with Gasteiger partial charge in [-0.25, -0.2) is 9.08 Å². The first kappa shape index (κ1) is 18.4. The average Bonchev–Trinajstić information content (AvgIpc) is 2.50. The fourth-order valence-electron chi connectivity index (χ4n) is 1.96. The van der Waals surface area contributed by atoms with E-state index in [9.17, 15) is 13.2 Å². The molecule has 0 radical (unpaired) electrons. The van der Waals surface area contributed by atoms with Gasteiger partial charge in [-0.2, -0.15) is 25.5 Å². The van der Waals surface area contributed by atoms with E-state index < -0.39 is 16.5 Å². The van der Waals surface area contributed by atoms with Gasteiger partial charge in [0.25, 0.3) is 0 Å². The molecule has 0 aliphatic carbocycles. The molecule has 0 atom stereocenters. The summed E-state index contributed by atoms with van der Waals surface area (Å²) in [6, 6.07) is 1.39. The van der Waals surface area contributed by atoms with Crippen LogP contribution in [0.3, 0.4) is 0 Å². The van der Waals surface area contributed by atoms with Crippen molar-refractivity contribution in [1.82, 2.24) is 4.98 Å². The molecule has 4 N–H and O–H groups in total. The fraction of sp³-hybridized carbons (Fsp3) is 0.545. The highest BCUT2D eigenvalue weighted by Gasteiger charge is 2.27. The fourth-order valence-corrected chi connectivity index (χ4v) is 3.21. The summed E-state index contributed by atoms with van der Waals surface area (Å²) < 4.78 is 40.4. The lowest BCUT2D eigenvalue weighted by Gasteiger charge is -2.26. The van der Waals surface area contributed by atoms with Crippen LogP contribution < -0.4 is 25.0 Å². The molecule has 2 rings (SSSR count). The molecule has 13 heteroatoms. The zero-order valence-electron chi connectivity index (χ0n) is 12.8. The van der Waals surface area contributed by atoms with Crippen molar-refractivity contribution in [2.45, 2.75) is 6.92 Å². The summed E-state index contributed by atoms with van der Waals surface area (Å²) in [5.74, 6) is 1.73. The van der Waals surface area contributed by atoms with E-state index in [4.69, 9.17) is 15.0 Å². The number of ether oxygens (including phenoxy) is 1. The smallest absolute Gasteiger partial charge is 0.441 e. The second-order valence-electron chi connectivity index (χ2n) is 4.60. The number of hydrogen-bond acceptors (Lipinski definition) is 9. The van der Waals surface area contributed by atoms with Crippen molar-refractivity contribution < 1.29 is 31.5 Å². The molecule has 134 valence electrons. The number of anilines is 3. The summed E-state index contributed by atoms with van der Waals surface area (Å²) >= 11 is 1.80. The van der Waals surface area contributed by atoms with E-state index in [2.05, 4.69) is 14.6 Å². The predicted molar refractivity (Wildman–Crippen MR) is 87.2 cm³/mol. The molecular weight excluding hydrogens is 362 g/mol. The summed E-state index contributed by atoms with van der Waals surface area (Å²) in [5, 5.41) is 2.23. The lowest BCUT2D eigenvalue weighted by Crippen LogP contribution is -2.51. The van der Waals surface area contributed by atoms with Crippen LogP contribution in [0.2, 0.25) is 0 Å². The highest BCUT2D eigenvalue weighted by Crippen LogP contribution is 2.19. The molecule has 1 aliphatic heterocycles. The number of rotatable bonds is 5. The Kier molecular flexibility index (Phi) is 5.90. The van der Waals surface area contributed by atoms with Crippen molar-refractivity contribution in [3.63, 3.8) is 0 Å². The first-order valence-electron chi connectivity index (χ1n) is 6.96. The Balaban J connectivity index is 2.39. The molecule has 1 fully saturated rings. The van der Waals surface area contributed by atoms with Gasteiger partial charge < -0.3 is 15.4 Å². The molecule has 0 bridgehead atoms. The van der Waals surface area contributed by atoms with Gasteiger partial charge >= 0.3 is 22.4 Å². The van der Waals surface area contributed by atoms with Crippen LogP contribution in [0.15, 0.2) is 6.07 Å². The van der Waals surface area contributed by atoms with Crippen LogP contribution in [-0.4, -0.2) is 55.2 Å². The maximum Gasteiger partial charge on any atom is 0.474 e. The van der Waals surface area contributed by atoms with E-state index in [0.29, 0.717) is 10.5 Å². The summed E-state index contributed by atoms with van der Waals surface area (Å²) in [7, 11) is -4.87. The van der Waals surface area contributed by atoms with Gasteiger partial charge in [0.2, 0.25) is 5.82 Å². The van der Waals surface area contributed by atoms with Gasteiger partial charge in [-0.15, -0.1) is 0 Å². The number of carbonyl (C=O) groups is 1. The number of hydrogen-bond donors (Lipinski definition) is 3. The third kappa shape index (κ3) is 5.01. The van der Waals surface area contributed by atoms with Crippen LogP contribution in [0.1, 0.15) is 6.92 Å². The molecule has 0 spiro atoms. The monoisotopic (exact) mass is 380 g/mol. The third-order valence-corrected chi connectivity index (χ3v) is 4.20. The van der Waals surface area contributed by atoms with Crippen molar-refractivity contribution in [1.29, 1.82) is 0 Å². The lowest BCUT2D eigenvalue weighted by atomic mass is 10.4. The van der Waals surface area contributed by atoms with Crippen LogP contribution in [0, 0.1) is 0 Å². The van der Waals surface area contributed by atoms with Crippen molar-refractivity contribution in [2.75, 3.05) is 47.2 Å². The number of nitrogens with zero attached hydrogens (tertiary/aromatic N) is 3. The van der Waals surface area contributed by atoms with Gasteiger partial charge in [0, 0.05) is 24.6 Å². The van der Waals surface area contributed by atoms with E-state index in [1.54, 1.807) is 18.7 Å². The molecule has 0 unspecified atom stereocenters. The van der Waals surface area contributed by atoms with E-state index >= 15 is 0 Å². The highest BCUT2D eigenvalue weighted by molar-refractivity contribution is 7.99. The second kappa shape index (κ2) is 7.72. The Hall–Kier alpha value is -1.99. The predicted octanol–water partition coefficient (Wildman–Crippen LogP) is -0.696. The molecule has 1 aliphatic rings. The van der Waals surface area contributed by atoms with E-state index in [0.717, 1.165) is 24.6 Å². The maximum absolute atomic E-state index is 11.6. The number of thioether (sulfide) groups is 1. The minimum atomic E-state index is -4.87. The molecular formula is C11H18N5O6S2+. The normalized spacial score (nSPS) is 15.0.